The van der Waals surface area contributed by atoms with Gasteiger partial charge in [-0.15, -0.1) is 0 Å². The number of nitrogen functional groups attached to an aromatic ring is 1. The fourth-order valence-corrected chi connectivity index (χ4v) is 3.80. The van der Waals surface area contributed by atoms with E-state index >= 15 is 0 Å². The van der Waals surface area contributed by atoms with Crippen molar-refractivity contribution >= 4 is 11.5 Å². The second kappa shape index (κ2) is 8.31. The lowest BCUT2D eigenvalue weighted by Gasteiger charge is -2.27. The Labute approximate surface area is 160 Å². The van der Waals surface area contributed by atoms with Crippen LogP contribution in [-0.4, -0.2) is 46.0 Å². The maximum atomic E-state index is 9.57. The monoisotopic (exact) mass is 365 g/mol. The van der Waals surface area contributed by atoms with Gasteiger partial charge in [0.15, 0.2) is 0 Å². The van der Waals surface area contributed by atoms with E-state index in [0.29, 0.717) is 24.0 Å². The Kier molecular flexibility index (Phi) is 5.87. The zero-order valence-electron chi connectivity index (χ0n) is 16.3. The molecule has 0 bridgehead atoms. The summed E-state index contributed by atoms with van der Waals surface area (Å²) in [6, 6.07) is 6.54. The Bertz CT molecular complexity index is 843. The molecule has 0 amide bonds. The second-order valence-corrected chi connectivity index (χ2v) is 7.24. The number of hydrogen-bond donors (Lipinski definition) is 1. The van der Waals surface area contributed by atoms with Gasteiger partial charge in [-0.25, -0.2) is 9.97 Å². The molecule has 2 aromatic heterocycles. The molecule has 27 heavy (non-hydrogen) atoms. The standard InChI is InChI=1S/C20H27N7/c1-14-11-18(17(12-21)15(2)24-14)27-9-4-5-16(7-10-27)26(3)13-20-23-8-6-19(22)25-20/h6,8,11,16H,4-5,7,9-10,13H2,1-3H3,(H2,22,23,25)/t16-/m1/s1. The summed E-state index contributed by atoms with van der Waals surface area (Å²) in [6.45, 7) is 6.46. The number of aryl methyl sites for hydroxylation is 2. The van der Waals surface area contributed by atoms with Crippen LogP contribution < -0.4 is 10.6 Å². The maximum Gasteiger partial charge on any atom is 0.144 e. The molecule has 0 spiro atoms. The number of rotatable bonds is 4. The molecular formula is C20H27N7. The van der Waals surface area contributed by atoms with Crippen LogP contribution in [0, 0.1) is 25.2 Å². The van der Waals surface area contributed by atoms with Crippen molar-refractivity contribution in [1.29, 1.82) is 5.26 Å². The Hall–Kier alpha value is -2.72. The molecule has 0 aromatic carbocycles. The Morgan fingerprint density at radius 2 is 2.11 bits per heavy atom. The highest BCUT2D eigenvalue weighted by molar-refractivity contribution is 5.61. The van der Waals surface area contributed by atoms with E-state index in [2.05, 4.69) is 37.9 Å². The molecule has 1 atom stereocenters. The van der Waals surface area contributed by atoms with E-state index in [1.165, 1.54) is 0 Å². The first kappa shape index (κ1) is 19.1. The van der Waals surface area contributed by atoms with Crippen molar-refractivity contribution in [3.63, 3.8) is 0 Å². The quantitative estimate of drug-likeness (QED) is 0.889. The van der Waals surface area contributed by atoms with Gasteiger partial charge >= 0.3 is 0 Å². The van der Waals surface area contributed by atoms with Crippen molar-refractivity contribution in [1.82, 2.24) is 19.9 Å². The zero-order valence-corrected chi connectivity index (χ0v) is 16.3. The first-order valence-corrected chi connectivity index (χ1v) is 9.39. The molecule has 1 aliphatic rings. The van der Waals surface area contributed by atoms with Gasteiger partial charge in [0.2, 0.25) is 0 Å². The predicted molar refractivity (Wildman–Crippen MR) is 106 cm³/mol. The van der Waals surface area contributed by atoms with Gasteiger partial charge in [-0.05, 0) is 52.3 Å². The average Bonchev–Trinajstić information content (AvgIpc) is 2.87. The number of aromatic nitrogens is 3. The predicted octanol–water partition coefficient (Wildman–Crippen LogP) is 2.43. The molecule has 2 N–H and O–H groups in total. The van der Waals surface area contributed by atoms with Gasteiger partial charge in [0.25, 0.3) is 0 Å². The van der Waals surface area contributed by atoms with Gasteiger partial charge in [0.1, 0.15) is 17.7 Å². The summed E-state index contributed by atoms with van der Waals surface area (Å²) in [5.41, 5.74) is 9.24. The largest absolute Gasteiger partial charge is 0.384 e. The molecule has 0 saturated carbocycles. The van der Waals surface area contributed by atoms with Crippen LogP contribution in [0.4, 0.5) is 11.5 Å². The third kappa shape index (κ3) is 4.52. The Morgan fingerprint density at radius 1 is 1.30 bits per heavy atom. The molecule has 0 radical (unpaired) electrons. The van der Waals surface area contributed by atoms with Gasteiger partial charge in [-0.1, -0.05) is 0 Å². The molecule has 3 rings (SSSR count). The molecule has 1 aliphatic heterocycles. The summed E-state index contributed by atoms with van der Waals surface area (Å²) in [5.74, 6) is 1.26. The molecule has 0 aliphatic carbocycles. The lowest BCUT2D eigenvalue weighted by Crippen LogP contribution is -2.33. The van der Waals surface area contributed by atoms with Crippen molar-refractivity contribution in [3.8, 4) is 6.07 Å². The molecular weight excluding hydrogens is 338 g/mol. The highest BCUT2D eigenvalue weighted by atomic mass is 15.2. The molecule has 7 heteroatoms. The summed E-state index contributed by atoms with van der Waals surface area (Å²) in [6.07, 6.45) is 4.93. The van der Waals surface area contributed by atoms with E-state index in [9.17, 15) is 5.26 Å². The highest BCUT2D eigenvalue weighted by Crippen LogP contribution is 2.27. The Morgan fingerprint density at radius 3 is 2.85 bits per heavy atom. The summed E-state index contributed by atoms with van der Waals surface area (Å²) in [4.78, 5) is 17.7. The van der Waals surface area contributed by atoms with Crippen LogP contribution in [0.1, 0.15) is 42.0 Å². The van der Waals surface area contributed by atoms with Crippen molar-refractivity contribution in [2.24, 2.45) is 0 Å². The molecule has 1 saturated heterocycles. The fourth-order valence-electron chi connectivity index (χ4n) is 3.80. The SMILES string of the molecule is Cc1cc(N2CCC[C@@H](N(C)Cc3nccc(N)n3)CC2)c(C#N)c(C)n1. The van der Waals surface area contributed by atoms with E-state index in [-0.39, 0.29) is 0 Å². The fraction of sp³-hybridized carbons (Fsp3) is 0.500. The maximum absolute atomic E-state index is 9.57. The zero-order chi connectivity index (χ0) is 19.4. The van der Waals surface area contributed by atoms with Crippen molar-refractivity contribution in [2.75, 3.05) is 30.8 Å². The van der Waals surface area contributed by atoms with E-state index < -0.39 is 0 Å². The summed E-state index contributed by atoms with van der Waals surface area (Å²) >= 11 is 0. The number of nitrogens with two attached hydrogens (primary N) is 1. The molecule has 1 fully saturated rings. The number of nitriles is 1. The number of pyridine rings is 1. The summed E-state index contributed by atoms with van der Waals surface area (Å²) in [5, 5.41) is 9.57. The van der Waals surface area contributed by atoms with Crippen LogP contribution in [-0.2, 0) is 6.54 Å². The van der Waals surface area contributed by atoms with Crippen LogP contribution in [0.15, 0.2) is 18.3 Å². The van der Waals surface area contributed by atoms with E-state index in [1.54, 1.807) is 12.3 Å². The van der Waals surface area contributed by atoms with Gasteiger partial charge in [0.05, 0.1) is 23.5 Å². The van der Waals surface area contributed by atoms with Crippen molar-refractivity contribution in [3.05, 3.63) is 41.1 Å². The van der Waals surface area contributed by atoms with Crippen LogP contribution in [0.25, 0.3) is 0 Å². The smallest absolute Gasteiger partial charge is 0.144 e. The second-order valence-electron chi connectivity index (χ2n) is 7.24. The lowest BCUT2D eigenvalue weighted by atomic mass is 10.1. The molecule has 3 heterocycles. The van der Waals surface area contributed by atoms with E-state index in [4.69, 9.17) is 5.73 Å². The third-order valence-corrected chi connectivity index (χ3v) is 5.20. The molecule has 2 aromatic rings. The first-order chi connectivity index (χ1) is 13.0. The minimum Gasteiger partial charge on any atom is -0.384 e. The first-order valence-electron chi connectivity index (χ1n) is 9.39. The molecule has 0 unspecified atom stereocenters. The van der Waals surface area contributed by atoms with Crippen LogP contribution in [0.5, 0.6) is 0 Å². The summed E-state index contributed by atoms with van der Waals surface area (Å²) in [7, 11) is 2.12. The van der Waals surface area contributed by atoms with Crippen LogP contribution in [0.3, 0.4) is 0 Å². The van der Waals surface area contributed by atoms with Crippen LogP contribution >= 0.6 is 0 Å². The number of nitrogens with zero attached hydrogens (tertiary/aromatic N) is 6. The van der Waals surface area contributed by atoms with Gasteiger partial charge < -0.3 is 10.6 Å². The lowest BCUT2D eigenvalue weighted by molar-refractivity contribution is 0.212. The van der Waals surface area contributed by atoms with Gasteiger partial charge in [-0.2, -0.15) is 5.26 Å². The van der Waals surface area contributed by atoms with Gasteiger partial charge in [0, 0.05) is 31.0 Å². The minimum atomic E-state index is 0.453. The average molecular weight is 365 g/mol. The number of hydrogen-bond acceptors (Lipinski definition) is 7. The van der Waals surface area contributed by atoms with Crippen molar-refractivity contribution < 1.29 is 0 Å². The van der Waals surface area contributed by atoms with Gasteiger partial charge in [-0.3, -0.25) is 9.88 Å². The number of anilines is 2. The third-order valence-electron chi connectivity index (χ3n) is 5.20. The summed E-state index contributed by atoms with van der Waals surface area (Å²) < 4.78 is 0. The normalized spacial score (nSPS) is 17.6. The van der Waals surface area contributed by atoms with E-state index in [1.807, 2.05) is 19.9 Å². The molecule has 7 nitrogen and oxygen atoms in total. The van der Waals surface area contributed by atoms with E-state index in [0.717, 1.165) is 55.3 Å². The van der Waals surface area contributed by atoms with Crippen LogP contribution in [0.2, 0.25) is 0 Å². The topological polar surface area (TPSA) is 95.0 Å². The Balaban J connectivity index is 1.70. The molecule has 142 valence electrons. The highest BCUT2D eigenvalue weighted by Gasteiger charge is 2.23. The minimum absolute atomic E-state index is 0.453. The van der Waals surface area contributed by atoms with Crippen molar-refractivity contribution in [2.45, 2.75) is 45.7 Å².